The first-order valence-corrected chi connectivity index (χ1v) is 8.25. The van der Waals surface area contributed by atoms with Gasteiger partial charge >= 0.3 is 0 Å². The van der Waals surface area contributed by atoms with Crippen LogP contribution in [0.1, 0.15) is 55.8 Å². The second-order valence-electron chi connectivity index (χ2n) is 6.41. The average molecular weight is 290 g/mol. The summed E-state index contributed by atoms with van der Waals surface area (Å²) in [4.78, 5) is 12.2. The van der Waals surface area contributed by atoms with Crippen LogP contribution in [0.15, 0.2) is 6.20 Å². The molecule has 0 radical (unpaired) electrons. The zero-order valence-corrected chi connectivity index (χ0v) is 12.9. The van der Waals surface area contributed by atoms with Gasteiger partial charge in [0.05, 0.1) is 12.2 Å². The van der Waals surface area contributed by atoms with E-state index in [-0.39, 0.29) is 11.9 Å². The van der Waals surface area contributed by atoms with E-state index in [1.165, 1.54) is 24.1 Å². The third-order valence-electron chi connectivity index (χ3n) is 4.95. The minimum atomic E-state index is 0.169. The van der Waals surface area contributed by atoms with Gasteiger partial charge in [0.1, 0.15) is 0 Å². The largest absolute Gasteiger partial charge is 0.349 e. The van der Waals surface area contributed by atoms with Gasteiger partial charge < -0.3 is 10.6 Å². The Morgan fingerprint density at radius 3 is 3.05 bits per heavy atom. The summed E-state index contributed by atoms with van der Waals surface area (Å²) in [7, 11) is 1.99. The van der Waals surface area contributed by atoms with Crippen LogP contribution in [0, 0.1) is 5.92 Å². The summed E-state index contributed by atoms with van der Waals surface area (Å²) in [5.41, 5.74) is 2.50. The van der Waals surface area contributed by atoms with Gasteiger partial charge in [0.2, 0.25) is 5.91 Å². The fourth-order valence-electron chi connectivity index (χ4n) is 3.63. The fraction of sp³-hybridized carbons (Fsp3) is 0.750. The lowest BCUT2D eigenvalue weighted by molar-refractivity contribution is -0.122. The van der Waals surface area contributed by atoms with Crippen LogP contribution in [-0.4, -0.2) is 28.8 Å². The first kappa shape index (κ1) is 14.6. The molecule has 0 spiro atoms. The van der Waals surface area contributed by atoms with Crippen LogP contribution < -0.4 is 10.6 Å². The lowest BCUT2D eigenvalue weighted by Crippen LogP contribution is -2.32. The summed E-state index contributed by atoms with van der Waals surface area (Å²) in [5.74, 6) is 0.924. The van der Waals surface area contributed by atoms with Gasteiger partial charge in [0.25, 0.3) is 0 Å². The normalized spacial score (nSPS) is 22.8. The van der Waals surface area contributed by atoms with Crippen LogP contribution in [0.25, 0.3) is 0 Å². The van der Waals surface area contributed by atoms with Crippen molar-refractivity contribution in [3.05, 3.63) is 17.5 Å². The predicted octanol–water partition coefficient (Wildman–Crippen LogP) is 1.69. The van der Waals surface area contributed by atoms with Crippen molar-refractivity contribution in [1.82, 2.24) is 20.4 Å². The summed E-state index contributed by atoms with van der Waals surface area (Å²) in [6.45, 7) is 2.21. The molecule has 1 fully saturated rings. The quantitative estimate of drug-likeness (QED) is 0.887. The Morgan fingerprint density at radius 2 is 2.24 bits per heavy atom. The number of hydrogen-bond donors (Lipinski definition) is 2. The van der Waals surface area contributed by atoms with Crippen LogP contribution in [0.4, 0.5) is 0 Å². The molecule has 1 aliphatic heterocycles. The summed E-state index contributed by atoms with van der Waals surface area (Å²) in [6, 6.07) is 0.169. The number of rotatable bonds is 4. The Hall–Kier alpha value is -1.36. The number of carbonyl (C=O) groups excluding carboxylic acids is 1. The van der Waals surface area contributed by atoms with Crippen LogP contribution >= 0.6 is 0 Å². The maximum absolute atomic E-state index is 12.2. The van der Waals surface area contributed by atoms with E-state index in [0.717, 1.165) is 44.7 Å². The van der Waals surface area contributed by atoms with Gasteiger partial charge in [-0.05, 0) is 57.5 Å². The minimum Gasteiger partial charge on any atom is -0.349 e. The molecule has 0 saturated carbocycles. The summed E-state index contributed by atoms with van der Waals surface area (Å²) < 4.78 is 1.95. The second-order valence-corrected chi connectivity index (χ2v) is 6.41. The van der Waals surface area contributed by atoms with Gasteiger partial charge in [0.15, 0.2) is 0 Å². The van der Waals surface area contributed by atoms with Crippen molar-refractivity contribution < 1.29 is 4.79 Å². The third kappa shape index (κ3) is 3.46. The molecule has 1 saturated heterocycles. The van der Waals surface area contributed by atoms with Crippen molar-refractivity contribution in [2.24, 2.45) is 13.0 Å². The molecule has 1 aliphatic carbocycles. The average Bonchev–Trinajstić information content (AvgIpc) is 2.89. The van der Waals surface area contributed by atoms with Crippen LogP contribution in [0.5, 0.6) is 0 Å². The summed E-state index contributed by atoms with van der Waals surface area (Å²) in [6.07, 6.45) is 9.28. The van der Waals surface area contributed by atoms with E-state index in [1.807, 2.05) is 17.9 Å². The number of nitrogens with one attached hydrogen (secondary N) is 2. The Morgan fingerprint density at radius 1 is 1.43 bits per heavy atom. The lowest BCUT2D eigenvalue weighted by atomic mass is 9.91. The smallest absolute Gasteiger partial charge is 0.220 e. The number of aromatic nitrogens is 2. The van der Waals surface area contributed by atoms with Gasteiger partial charge in [-0.1, -0.05) is 0 Å². The number of amides is 1. The van der Waals surface area contributed by atoms with Crippen molar-refractivity contribution in [1.29, 1.82) is 0 Å². The van der Waals surface area contributed by atoms with Gasteiger partial charge in [-0.2, -0.15) is 5.10 Å². The lowest BCUT2D eigenvalue weighted by Gasteiger charge is -2.25. The summed E-state index contributed by atoms with van der Waals surface area (Å²) in [5, 5.41) is 10.9. The van der Waals surface area contributed by atoms with Crippen LogP contribution in [-0.2, 0) is 18.3 Å². The molecule has 1 aromatic heterocycles. The van der Waals surface area contributed by atoms with E-state index in [4.69, 9.17) is 0 Å². The van der Waals surface area contributed by atoms with Crippen molar-refractivity contribution in [3.63, 3.8) is 0 Å². The topological polar surface area (TPSA) is 59.0 Å². The van der Waals surface area contributed by atoms with E-state index >= 15 is 0 Å². The zero-order chi connectivity index (χ0) is 14.7. The van der Waals surface area contributed by atoms with Gasteiger partial charge in [-0.3, -0.25) is 9.48 Å². The maximum Gasteiger partial charge on any atom is 0.220 e. The highest BCUT2D eigenvalue weighted by atomic mass is 16.1. The van der Waals surface area contributed by atoms with E-state index in [1.54, 1.807) is 0 Å². The molecular weight excluding hydrogens is 264 g/mol. The standard InChI is InChI=1S/C16H26N4O/c1-20-15-4-2-3-14(13(15)11-18-20)19-16(21)6-5-12-7-9-17-10-8-12/h11-12,14,17H,2-10H2,1H3,(H,19,21). The Balaban J connectivity index is 1.51. The third-order valence-corrected chi connectivity index (χ3v) is 4.95. The molecule has 1 aromatic rings. The monoisotopic (exact) mass is 290 g/mol. The van der Waals surface area contributed by atoms with E-state index in [9.17, 15) is 4.79 Å². The van der Waals surface area contributed by atoms with E-state index in [2.05, 4.69) is 15.7 Å². The highest BCUT2D eigenvalue weighted by Gasteiger charge is 2.25. The zero-order valence-electron chi connectivity index (χ0n) is 12.9. The molecule has 116 valence electrons. The number of aryl methyl sites for hydroxylation is 1. The fourth-order valence-corrected chi connectivity index (χ4v) is 3.63. The Labute approximate surface area is 126 Å². The van der Waals surface area contributed by atoms with E-state index in [0.29, 0.717) is 6.42 Å². The van der Waals surface area contributed by atoms with Crippen molar-refractivity contribution in [2.45, 2.75) is 51.0 Å². The Bertz CT molecular complexity index is 490. The molecule has 3 rings (SSSR count). The van der Waals surface area contributed by atoms with Crippen molar-refractivity contribution in [2.75, 3.05) is 13.1 Å². The minimum absolute atomic E-state index is 0.169. The molecule has 21 heavy (non-hydrogen) atoms. The van der Waals surface area contributed by atoms with Crippen molar-refractivity contribution >= 4 is 5.91 Å². The highest BCUT2D eigenvalue weighted by Crippen LogP contribution is 2.29. The molecule has 0 aromatic carbocycles. The van der Waals surface area contributed by atoms with Crippen LogP contribution in [0.3, 0.4) is 0 Å². The second kappa shape index (κ2) is 6.60. The molecule has 0 bridgehead atoms. The molecule has 1 amide bonds. The predicted molar refractivity (Wildman–Crippen MR) is 81.9 cm³/mol. The van der Waals surface area contributed by atoms with E-state index < -0.39 is 0 Å². The molecule has 2 N–H and O–H groups in total. The number of hydrogen-bond acceptors (Lipinski definition) is 3. The number of nitrogens with zero attached hydrogens (tertiary/aromatic N) is 2. The molecule has 1 atom stereocenters. The maximum atomic E-state index is 12.2. The molecular formula is C16H26N4O. The first-order chi connectivity index (χ1) is 10.2. The summed E-state index contributed by atoms with van der Waals surface area (Å²) >= 11 is 0. The Kier molecular flexibility index (Phi) is 4.58. The molecule has 1 unspecified atom stereocenters. The van der Waals surface area contributed by atoms with Gasteiger partial charge in [-0.25, -0.2) is 0 Å². The number of fused-ring (bicyclic) bond motifs is 1. The van der Waals surface area contributed by atoms with Gasteiger partial charge in [0, 0.05) is 24.7 Å². The number of carbonyl (C=O) groups is 1. The first-order valence-electron chi connectivity index (χ1n) is 8.25. The molecule has 2 aliphatic rings. The SMILES string of the molecule is Cn1ncc2c1CCCC2NC(=O)CCC1CCNCC1. The number of piperidine rings is 1. The molecule has 5 heteroatoms. The molecule has 5 nitrogen and oxygen atoms in total. The molecule has 2 heterocycles. The van der Waals surface area contributed by atoms with Gasteiger partial charge in [-0.15, -0.1) is 0 Å². The highest BCUT2D eigenvalue weighted by molar-refractivity contribution is 5.76. The van der Waals surface area contributed by atoms with Crippen molar-refractivity contribution in [3.8, 4) is 0 Å². The van der Waals surface area contributed by atoms with Crippen LogP contribution in [0.2, 0.25) is 0 Å².